The lowest BCUT2D eigenvalue weighted by Gasteiger charge is -2.32. The number of nitrogens with one attached hydrogen (secondary N) is 1. The summed E-state index contributed by atoms with van der Waals surface area (Å²) < 4.78 is 15.8. The Balaban J connectivity index is 1.78. The van der Waals surface area contributed by atoms with Crippen molar-refractivity contribution in [3.8, 4) is 0 Å². The fourth-order valence-corrected chi connectivity index (χ4v) is 2.67. The monoisotopic (exact) mass is 339 g/mol. The number of piperidine rings is 1. The molecule has 0 radical (unpaired) electrons. The Labute approximate surface area is 143 Å². The average Bonchev–Trinajstić information content (AvgIpc) is 2.99. The van der Waals surface area contributed by atoms with Crippen LogP contribution in [0.15, 0.2) is 10.6 Å². The van der Waals surface area contributed by atoms with Crippen molar-refractivity contribution in [3.05, 3.63) is 17.5 Å². The number of methoxy groups -OCH3 is 1. The van der Waals surface area contributed by atoms with E-state index in [-0.39, 0.29) is 6.09 Å². The molecule has 7 heteroatoms. The molecule has 1 amide bonds. The summed E-state index contributed by atoms with van der Waals surface area (Å²) in [7, 11) is 1.68. The largest absolute Gasteiger partial charge is 0.444 e. The smallest absolute Gasteiger partial charge is 0.410 e. The quantitative estimate of drug-likeness (QED) is 0.803. The first-order chi connectivity index (χ1) is 11.4. The standard InChI is InChI=1S/C17H29N3O4/c1-17(2,3)23-16(21)20-8-5-13(6-9-20)15-11-14(24-19-15)12-18-7-10-22-4/h11,13,18H,5-10,12H2,1-4H3. The van der Waals surface area contributed by atoms with Crippen molar-refractivity contribution >= 4 is 6.09 Å². The molecule has 0 atom stereocenters. The van der Waals surface area contributed by atoms with Crippen molar-refractivity contribution in [2.75, 3.05) is 33.4 Å². The first-order valence-electron chi connectivity index (χ1n) is 8.52. The average molecular weight is 339 g/mol. The lowest BCUT2D eigenvalue weighted by Crippen LogP contribution is -2.41. The number of ether oxygens (including phenoxy) is 2. The van der Waals surface area contributed by atoms with Crippen LogP contribution in [0.1, 0.15) is 51.0 Å². The van der Waals surface area contributed by atoms with Gasteiger partial charge in [0.15, 0.2) is 5.76 Å². The van der Waals surface area contributed by atoms with Crippen LogP contribution in [0.3, 0.4) is 0 Å². The molecule has 1 N–H and O–H groups in total. The Kier molecular flexibility index (Phi) is 6.62. The minimum atomic E-state index is -0.454. The van der Waals surface area contributed by atoms with Crippen LogP contribution < -0.4 is 5.32 Å². The number of likely N-dealkylation sites (tertiary alicyclic amines) is 1. The molecule has 24 heavy (non-hydrogen) atoms. The summed E-state index contributed by atoms with van der Waals surface area (Å²) in [5.74, 6) is 1.16. The van der Waals surface area contributed by atoms with Gasteiger partial charge >= 0.3 is 6.09 Å². The zero-order valence-corrected chi connectivity index (χ0v) is 15.1. The van der Waals surface area contributed by atoms with Gasteiger partial charge < -0.3 is 24.2 Å². The topological polar surface area (TPSA) is 76.8 Å². The Bertz CT molecular complexity index is 516. The van der Waals surface area contributed by atoms with Gasteiger partial charge in [0.25, 0.3) is 0 Å². The molecule has 0 spiro atoms. The number of rotatable bonds is 6. The second-order valence-electron chi connectivity index (χ2n) is 7.13. The maximum atomic E-state index is 12.1. The third kappa shape index (κ3) is 5.79. The zero-order valence-electron chi connectivity index (χ0n) is 15.1. The molecule has 0 aliphatic carbocycles. The van der Waals surface area contributed by atoms with Crippen LogP contribution in [0.4, 0.5) is 4.79 Å². The number of amides is 1. The van der Waals surface area contributed by atoms with E-state index in [1.807, 2.05) is 26.8 Å². The molecular weight excluding hydrogens is 310 g/mol. The molecule has 1 aliphatic rings. The lowest BCUT2D eigenvalue weighted by atomic mass is 9.93. The molecule has 7 nitrogen and oxygen atoms in total. The number of hydrogen-bond acceptors (Lipinski definition) is 6. The van der Waals surface area contributed by atoms with Crippen molar-refractivity contribution in [1.29, 1.82) is 0 Å². The maximum absolute atomic E-state index is 12.1. The molecule has 2 rings (SSSR count). The van der Waals surface area contributed by atoms with E-state index in [2.05, 4.69) is 10.5 Å². The Morgan fingerprint density at radius 3 is 2.75 bits per heavy atom. The molecule has 1 aromatic rings. The van der Waals surface area contributed by atoms with Crippen LogP contribution in [0, 0.1) is 0 Å². The number of carbonyl (C=O) groups excluding carboxylic acids is 1. The van der Waals surface area contributed by atoms with Gasteiger partial charge in [0.05, 0.1) is 18.8 Å². The van der Waals surface area contributed by atoms with E-state index < -0.39 is 5.60 Å². The van der Waals surface area contributed by atoms with Gasteiger partial charge in [-0.05, 0) is 33.6 Å². The van der Waals surface area contributed by atoms with Crippen LogP contribution in [-0.2, 0) is 16.0 Å². The summed E-state index contributed by atoms with van der Waals surface area (Å²) in [6.45, 7) is 9.12. The fourth-order valence-electron chi connectivity index (χ4n) is 2.67. The Hall–Kier alpha value is -1.60. The van der Waals surface area contributed by atoms with Crippen molar-refractivity contribution < 1.29 is 18.8 Å². The van der Waals surface area contributed by atoms with Crippen LogP contribution >= 0.6 is 0 Å². The predicted octanol–water partition coefficient (Wildman–Crippen LogP) is 2.53. The highest BCUT2D eigenvalue weighted by Gasteiger charge is 2.28. The first-order valence-corrected chi connectivity index (χ1v) is 8.52. The summed E-state index contributed by atoms with van der Waals surface area (Å²) in [5, 5.41) is 7.42. The predicted molar refractivity (Wildman–Crippen MR) is 89.9 cm³/mol. The SMILES string of the molecule is COCCNCc1cc(C2CCN(C(=O)OC(C)(C)C)CC2)no1. The highest BCUT2D eigenvalue weighted by molar-refractivity contribution is 5.68. The number of aromatic nitrogens is 1. The number of hydrogen-bond donors (Lipinski definition) is 1. The second-order valence-corrected chi connectivity index (χ2v) is 7.13. The summed E-state index contributed by atoms with van der Waals surface area (Å²) in [5.41, 5.74) is 0.521. The third-order valence-corrected chi connectivity index (χ3v) is 3.92. The minimum absolute atomic E-state index is 0.232. The van der Waals surface area contributed by atoms with Gasteiger partial charge in [-0.25, -0.2) is 4.79 Å². The molecule has 0 saturated carbocycles. The van der Waals surface area contributed by atoms with Crippen molar-refractivity contribution in [1.82, 2.24) is 15.4 Å². The van der Waals surface area contributed by atoms with Gasteiger partial charge in [-0.1, -0.05) is 5.16 Å². The molecule has 2 heterocycles. The molecule has 1 saturated heterocycles. The molecule has 0 aromatic carbocycles. The Morgan fingerprint density at radius 2 is 2.12 bits per heavy atom. The van der Waals surface area contributed by atoms with E-state index >= 15 is 0 Å². The molecule has 0 unspecified atom stereocenters. The van der Waals surface area contributed by atoms with Crippen LogP contribution in [0.2, 0.25) is 0 Å². The lowest BCUT2D eigenvalue weighted by molar-refractivity contribution is 0.0203. The summed E-state index contributed by atoms with van der Waals surface area (Å²) >= 11 is 0. The van der Waals surface area contributed by atoms with Crippen molar-refractivity contribution in [2.45, 2.75) is 51.7 Å². The van der Waals surface area contributed by atoms with Crippen LogP contribution in [0.5, 0.6) is 0 Å². The molecule has 1 aromatic heterocycles. The molecular formula is C17H29N3O4. The third-order valence-electron chi connectivity index (χ3n) is 3.92. The molecule has 1 fully saturated rings. The van der Waals surface area contributed by atoms with E-state index in [4.69, 9.17) is 14.0 Å². The van der Waals surface area contributed by atoms with Gasteiger partial charge in [-0.2, -0.15) is 0 Å². The van der Waals surface area contributed by atoms with Gasteiger partial charge in [0.1, 0.15) is 5.60 Å². The molecule has 1 aliphatic heterocycles. The Morgan fingerprint density at radius 1 is 1.42 bits per heavy atom. The van der Waals surface area contributed by atoms with E-state index in [0.29, 0.717) is 32.2 Å². The minimum Gasteiger partial charge on any atom is -0.444 e. The molecule has 136 valence electrons. The fraction of sp³-hybridized carbons (Fsp3) is 0.765. The van der Waals surface area contributed by atoms with Crippen molar-refractivity contribution in [3.63, 3.8) is 0 Å². The van der Waals surface area contributed by atoms with Gasteiger partial charge in [-0.15, -0.1) is 0 Å². The van der Waals surface area contributed by atoms with Gasteiger partial charge in [-0.3, -0.25) is 0 Å². The molecule has 0 bridgehead atoms. The van der Waals surface area contributed by atoms with Crippen LogP contribution in [0.25, 0.3) is 0 Å². The van der Waals surface area contributed by atoms with Crippen LogP contribution in [-0.4, -0.2) is 55.1 Å². The first kappa shape index (κ1) is 18.7. The van der Waals surface area contributed by atoms with Gasteiger partial charge in [0.2, 0.25) is 0 Å². The van der Waals surface area contributed by atoms with E-state index in [1.54, 1.807) is 12.0 Å². The van der Waals surface area contributed by atoms with E-state index in [9.17, 15) is 4.79 Å². The highest BCUT2D eigenvalue weighted by atomic mass is 16.6. The van der Waals surface area contributed by atoms with E-state index in [1.165, 1.54) is 0 Å². The summed E-state index contributed by atoms with van der Waals surface area (Å²) in [6.07, 6.45) is 1.52. The normalized spacial score (nSPS) is 16.4. The number of carbonyl (C=O) groups is 1. The number of nitrogens with zero attached hydrogens (tertiary/aromatic N) is 2. The van der Waals surface area contributed by atoms with E-state index in [0.717, 1.165) is 30.8 Å². The summed E-state index contributed by atoms with van der Waals surface area (Å²) in [4.78, 5) is 13.9. The van der Waals surface area contributed by atoms with Crippen molar-refractivity contribution in [2.24, 2.45) is 0 Å². The zero-order chi connectivity index (χ0) is 17.6. The second kappa shape index (κ2) is 8.48. The highest BCUT2D eigenvalue weighted by Crippen LogP contribution is 2.28. The summed E-state index contributed by atoms with van der Waals surface area (Å²) in [6, 6.07) is 2.01. The van der Waals surface area contributed by atoms with Gasteiger partial charge in [0, 0.05) is 38.7 Å². The maximum Gasteiger partial charge on any atom is 0.410 e.